The fourth-order valence-corrected chi connectivity index (χ4v) is 3.73. The van der Waals surface area contributed by atoms with Crippen LogP contribution in [0.2, 0.25) is 0 Å². The minimum atomic E-state index is -0.266. The van der Waals surface area contributed by atoms with Crippen molar-refractivity contribution in [3.8, 4) is 0 Å². The molecule has 138 valence electrons. The first-order valence-electron chi connectivity index (χ1n) is 9.18. The van der Waals surface area contributed by atoms with Crippen LogP contribution in [0.15, 0.2) is 42.5 Å². The summed E-state index contributed by atoms with van der Waals surface area (Å²) in [6, 6.07) is 12.2. The molecule has 1 amide bonds. The Morgan fingerprint density at radius 1 is 1.27 bits per heavy atom. The van der Waals surface area contributed by atoms with E-state index >= 15 is 0 Å². The zero-order valence-corrected chi connectivity index (χ0v) is 15.4. The van der Waals surface area contributed by atoms with Crippen LogP contribution in [0.4, 0.5) is 15.8 Å². The maximum absolute atomic E-state index is 13.2. The first kappa shape index (κ1) is 18.2. The Kier molecular flexibility index (Phi) is 5.45. The molecule has 0 aromatic heterocycles. The Morgan fingerprint density at radius 2 is 2.00 bits per heavy atom. The fourth-order valence-electron chi connectivity index (χ4n) is 3.73. The van der Waals surface area contributed by atoms with Crippen LogP contribution in [0.25, 0.3) is 0 Å². The van der Waals surface area contributed by atoms with Crippen LogP contribution in [0.3, 0.4) is 0 Å². The molecule has 1 heterocycles. The molecule has 0 bridgehead atoms. The molecule has 0 radical (unpaired) electrons. The number of hydrogen-bond donors (Lipinski definition) is 1. The maximum atomic E-state index is 13.2. The number of carbonyl (C=O) groups excluding carboxylic acids is 1. The first-order chi connectivity index (χ1) is 12.5. The highest BCUT2D eigenvalue weighted by molar-refractivity contribution is 5.83. The van der Waals surface area contributed by atoms with Gasteiger partial charge in [-0.05, 0) is 62.1 Å². The van der Waals surface area contributed by atoms with Crippen molar-refractivity contribution in [2.45, 2.75) is 32.7 Å². The van der Waals surface area contributed by atoms with Crippen LogP contribution in [0, 0.1) is 5.82 Å². The molecule has 1 aliphatic rings. The summed E-state index contributed by atoms with van der Waals surface area (Å²) in [4.78, 5) is 17.0. The Morgan fingerprint density at radius 3 is 2.69 bits per heavy atom. The summed E-state index contributed by atoms with van der Waals surface area (Å²) in [5, 5.41) is 0. The van der Waals surface area contributed by atoms with Crippen molar-refractivity contribution in [2.75, 3.05) is 30.3 Å². The summed E-state index contributed by atoms with van der Waals surface area (Å²) >= 11 is 0. The SMILES string of the molecule is CCN(C(=O)CN1CCCc2c(N)cccc21)C(C)c1ccc(F)cc1. The lowest BCUT2D eigenvalue weighted by Crippen LogP contribution is -2.43. The molecule has 4 nitrogen and oxygen atoms in total. The average Bonchev–Trinajstić information content (AvgIpc) is 2.63. The van der Waals surface area contributed by atoms with E-state index in [-0.39, 0.29) is 17.8 Å². The zero-order chi connectivity index (χ0) is 18.7. The molecule has 1 aliphatic heterocycles. The van der Waals surface area contributed by atoms with Gasteiger partial charge in [0.15, 0.2) is 0 Å². The molecule has 2 aromatic rings. The molecule has 1 atom stereocenters. The van der Waals surface area contributed by atoms with E-state index in [1.807, 2.05) is 36.9 Å². The highest BCUT2D eigenvalue weighted by atomic mass is 19.1. The summed E-state index contributed by atoms with van der Waals surface area (Å²) in [6.45, 7) is 5.74. The van der Waals surface area contributed by atoms with Crippen molar-refractivity contribution in [3.05, 3.63) is 59.4 Å². The molecule has 26 heavy (non-hydrogen) atoms. The number of rotatable bonds is 5. The van der Waals surface area contributed by atoms with Crippen molar-refractivity contribution in [1.29, 1.82) is 0 Å². The van der Waals surface area contributed by atoms with E-state index < -0.39 is 0 Å². The van der Waals surface area contributed by atoms with Gasteiger partial charge in [-0.25, -0.2) is 4.39 Å². The van der Waals surface area contributed by atoms with Gasteiger partial charge in [0.25, 0.3) is 0 Å². The number of nitrogens with zero attached hydrogens (tertiary/aromatic N) is 2. The Hall–Kier alpha value is -2.56. The number of halogens is 1. The zero-order valence-electron chi connectivity index (χ0n) is 15.4. The number of anilines is 2. The van der Waals surface area contributed by atoms with E-state index in [0.29, 0.717) is 13.1 Å². The predicted octanol–water partition coefficient (Wildman–Crippen LogP) is 3.77. The van der Waals surface area contributed by atoms with Gasteiger partial charge in [0.1, 0.15) is 5.82 Å². The number of likely N-dealkylation sites (N-methyl/N-ethyl adjacent to an activating group) is 1. The minimum Gasteiger partial charge on any atom is -0.398 e. The second-order valence-electron chi connectivity index (χ2n) is 6.78. The van der Waals surface area contributed by atoms with Crippen LogP contribution in [-0.2, 0) is 11.2 Å². The molecular weight excluding hydrogens is 329 g/mol. The van der Waals surface area contributed by atoms with Gasteiger partial charge in [0.2, 0.25) is 5.91 Å². The summed E-state index contributed by atoms with van der Waals surface area (Å²) < 4.78 is 13.2. The van der Waals surface area contributed by atoms with Gasteiger partial charge >= 0.3 is 0 Å². The molecule has 2 aromatic carbocycles. The lowest BCUT2D eigenvalue weighted by molar-refractivity contribution is -0.131. The second-order valence-corrected chi connectivity index (χ2v) is 6.78. The molecule has 0 saturated carbocycles. The van der Waals surface area contributed by atoms with Crippen LogP contribution in [-0.4, -0.2) is 30.4 Å². The van der Waals surface area contributed by atoms with E-state index in [0.717, 1.165) is 41.9 Å². The highest BCUT2D eigenvalue weighted by Gasteiger charge is 2.25. The van der Waals surface area contributed by atoms with Gasteiger partial charge < -0.3 is 15.5 Å². The quantitative estimate of drug-likeness (QED) is 0.831. The fraction of sp³-hybridized carbons (Fsp3) is 0.381. The van der Waals surface area contributed by atoms with E-state index in [9.17, 15) is 9.18 Å². The number of amides is 1. The van der Waals surface area contributed by atoms with Gasteiger partial charge in [-0.3, -0.25) is 4.79 Å². The van der Waals surface area contributed by atoms with Gasteiger partial charge in [-0.15, -0.1) is 0 Å². The number of nitrogens with two attached hydrogens (primary N) is 1. The Labute approximate surface area is 154 Å². The van der Waals surface area contributed by atoms with Gasteiger partial charge in [0, 0.05) is 24.5 Å². The molecule has 0 aliphatic carbocycles. The number of nitrogen functional groups attached to an aromatic ring is 1. The highest BCUT2D eigenvalue weighted by Crippen LogP contribution is 2.31. The van der Waals surface area contributed by atoms with E-state index in [4.69, 9.17) is 5.73 Å². The monoisotopic (exact) mass is 355 g/mol. The third-order valence-electron chi connectivity index (χ3n) is 5.19. The number of hydrogen-bond acceptors (Lipinski definition) is 3. The van der Waals surface area contributed by atoms with Crippen molar-refractivity contribution >= 4 is 17.3 Å². The standard InChI is InChI=1S/C21H26FN3O/c1-3-25(15(2)16-9-11-17(22)12-10-16)21(26)14-24-13-5-6-18-19(23)7-4-8-20(18)24/h4,7-12,15H,3,5-6,13-14,23H2,1-2H3. The molecule has 2 N–H and O–H groups in total. The summed E-state index contributed by atoms with van der Waals surface area (Å²) in [7, 11) is 0. The maximum Gasteiger partial charge on any atom is 0.242 e. The van der Waals surface area contributed by atoms with Crippen molar-refractivity contribution in [1.82, 2.24) is 4.90 Å². The topological polar surface area (TPSA) is 49.6 Å². The average molecular weight is 355 g/mol. The van der Waals surface area contributed by atoms with Crippen LogP contribution < -0.4 is 10.6 Å². The normalized spacial score (nSPS) is 14.7. The summed E-state index contributed by atoms with van der Waals surface area (Å²) in [5.41, 5.74) is 10.0. The summed E-state index contributed by atoms with van der Waals surface area (Å²) in [6.07, 6.45) is 1.95. The lowest BCUT2D eigenvalue weighted by Gasteiger charge is -2.35. The number of fused-ring (bicyclic) bond motifs is 1. The van der Waals surface area contributed by atoms with Crippen molar-refractivity contribution in [3.63, 3.8) is 0 Å². The molecule has 0 saturated heterocycles. The second kappa shape index (κ2) is 7.77. The third kappa shape index (κ3) is 3.66. The molecule has 3 rings (SSSR count). The van der Waals surface area contributed by atoms with E-state index in [1.54, 1.807) is 12.1 Å². The van der Waals surface area contributed by atoms with Gasteiger partial charge in [-0.2, -0.15) is 0 Å². The first-order valence-corrected chi connectivity index (χ1v) is 9.18. The van der Waals surface area contributed by atoms with E-state index in [2.05, 4.69) is 4.90 Å². The Balaban J connectivity index is 1.76. The third-order valence-corrected chi connectivity index (χ3v) is 5.19. The molecular formula is C21H26FN3O. The van der Waals surface area contributed by atoms with Crippen LogP contribution >= 0.6 is 0 Å². The lowest BCUT2D eigenvalue weighted by atomic mass is 10.00. The molecule has 5 heteroatoms. The smallest absolute Gasteiger partial charge is 0.242 e. The van der Waals surface area contributed by atoms with E-state index in [1.165, 1.54) is 12.1 Å². The van der Waals surface area contributed by atoms with Crippen molar-refractivity contribution < 1.29 is 9.18 Å². The number of carbonyl (C=O) groups is 1. The van der Waals surface area contributed by atoms with Crippen molar-refractivity contribution in [2.24, 2.45) is 0 Å². The molecule has 0 fully saturated rings. The number of benzene rings is 2. The van der Waals surface area contributed by atoms with Crippen LogP contribution in [0.1, 0.15) is 37.4 Å². The molecule has 0 spiro atoms. The minimum absolute atomic E-state index is 0.0691. The Bertz CT molecular complexity index is 775. The van der Waals surface area contributed by atoms with Crippen LogP contribution in [0.5, 0.6) is 0 Å². The largest absolute Gasteiger partial charge is 0.398 e. The van der Waals surface area contributed by atoms with Gasteiger partial charge in [-0.1, -0.05) is 18.2 Å². The predicted molar refractivity (Wildman–Crippen MR) is 104 cm³/mol. The summed E-state index contributed by atoms with van der Waals surface area (Å²) in [5.74, 6) is -0.197. The van der Waals surface area contributed by atoms with Gasteiger partial charge in [0.05, 0.1) is 12.6 Å². The molecule has 1 unspecified atom stereocenters.